The maximum absolute atomic E-state index is 13.6. The van der Waals surface area contributed by atoms with Gasteiger partial charge in [0.2, 0.25) is 10.0 Å². The van der Waals surface area contributed by atoms with E-state index in [4.69, 9.17) is 5.73 Å². The van der Waals surface area contributed by atoms with Gasteiger partial charge in [0.05, 0.1) is 0 Å². The van der Waals surface area contributed by atoms with E-state index < -0.39 is 32.4 Å². The Morgan fingerprint density at radius 3 is 2.05 bits per heavy atom. The van der Waals surface area contributed by atoms with Crippen molar-refractivity contribution in [1.82, 2.24) is 9.21 Å². The van der Waals surface area contributed by atoms with Crippen LogP contribution in [0.3, 0.4) is 0 Å². The van der Waals surface area contributed by atoms with Gasteiger partial charge in [0.15, 0.2) is 4.90 Å². The molecule has 9 heteroatoms. The summed E-state index contributed by atoms with van der Waals surface area (Å²) in [5, 5.41) is 0. The van der Waals surface area contributed by atoms with Crippen LogP contribution in [0.5, 0.6) is 0 Å². The first-order valence-corrected chi connectivity index (χ1v) is 7.87. The summed E-state index contributed by atoms with van der Waals surface area (Å²) in [4.78, 5) is 0.861. The Labute approximate surface area is 121 Å². The zero-order valence-electron chi connectivity index (χ0n) is 11.2. The topological polar surface area (TPSA) is 66.6 Å². The predicted molar refractivity (Wildman–Crippen MR) is 70.6 cm³/mol. The molecule has 0 atom stereocenters. The molecule has 118 valence electrons. The number of nitrogens with two attached hydrogens (primary N) is 1. The highest BCUT2D eigenvalue weighted by Gasteiger charge is 2.33. The fraction of sp³-hybridized carbons (Fsp3) is 0.500. The Bertz CT molecular complexity index is 593. The van der Waals surface area contributed by atoms with Crippen LogP contribution in [-0.2, 0) is 10.0 Å². The summed E-state index contributed by atoms with van der Waals surface area (Å²) < 4.78 is 65.7. The lowest BCUT2D eigenvalue weighted by atomic mass is 10.3. The van der Waals surface area contributed by atoms with Crippen molar-refractivity contribution in [2.24, 2.45) is 5.73 Å². The highest BCUT2D eigenvalue weighted by atomic mass is 32.2. The fourth-order valence-corrected chi connectivity index (χ4v) is 3.79. The maximum Gasteiger partial charge on any atom is 0.249 e. The van der Waals surface area contributed by atoms with E-state index >= 15 is 0 Å². The Morgan fingerprint density at radius 2 is 1.57 bits per heavy atom. The number of piperazine rings is 1. The molecule has 0 aromatic heterocycles. The molecule has 5 nitrogen and oxygen atoms in total. The minimum absolute atomic E-state index is 0.110. The molecule has 1 aliphatic heterocycles. The molecule has 2 N–H and O–H groups in total. The van der Waals surface area contributed by atoms with Crippen molar-refractivity contribution in [2.75, 3.05) is 39.3 Å². The Hall–Kier alpha value is -1.16. The van der Waals surface area contributed by atoms with Gasteiger partial charge in [-0.1, -0.05) is 0 Å². The van der Waals surface area contributed by atoms with Crippen molar-refractivity contribution >= 4 is 10.0 Å². The number of hydrogen-bond acceptors (Lipinski definition) is 4. The SMILES string of the molecule is NCCN1CCN(S(=O)(=O)c2c(F)cc(F)cc2F)CC1. The van der Waals surface area contributed by atoms with Gasteiger partial charge in [-0.25, -0.2) is 21.6 Å². The minimum Gasteiger partial charge on any atom is -0.329 e. The zero-order valence-corrected chi connectivity index (χ0v) is 12.0. The van der Waals surface area contributed by atoms with Crippen LogP contribution >= 0.6 is 0 Å². The van der Waals surface area contributed by atoms with Gasteiger partial charge < -0.3 is 5.73 Å². The van der Waals surface area contributed by atoms with Crippen LogP contribution in [0.15, 0.2) is 17.0 Å². The average Bonchev–Trinajstić information content (AvgIpc) is 2.38. The molecule has 0 radical (unpaired) electrons. The number of sulfonamides is 1. The summed E-state index contributed by atoms with van der Waals surface area (Å²) in [5.41, 5.74) is 5.42. The first-order valence-electron chi connectivity index (χ1n) is 6.43. The summed E-state index contributed by atoms with van der Waals surface area (Å²) in [7, 11) is -4.32. The van der Waals surface area contributed by atoms with Crippen molar-refractivity contribution in [2.45, 2.75) is 4.90 Å². The van der Waals surface area contributed by atoms with Gasteiger partial charge in [-0.2, -0.15) is 4.31 Å². The molecule has 0 saturated carbocycles. The molecular formula is C12H16F3N3O2S. The zero-order chi connectivity index (χ0) is 15.6. The maximum atomic E-state index is 13.6. The van der Waals surface area contributed by atoms with Gasteiger partial charge in [0.25, 0.3) is 0 Å². The molecule has 0 spiro atoms. The summed E-state index contributed by atoms with van der Waals surface area (Å²) in [5.74, 6) is -3.99. The second-order valence-corrected chi connectivity index (χ2v) is 6.61. The van der Waals surface area contributed by atoms with Gasteiger partial charge in [-0.05, 0) is 0 Å². The number of nitrogens with zero attached hydrogens (tertiary/aromatic N) is 2. The predicted octanol–water partition coefficient (Wildman–Crippen LogP) is 0.369. The van der Waals surface area contributed by atoms with E-state index in [1.165, 1.54) is 0 Å². The molecule has 1 fully saturated rings. The number of benzene rings is 1. The second-order valence-electron chi connectivity index (χ2n) is 4.73. The van der Waals surface area contributed by atoms with Crippen LogP contribution in [0.25, 0.3) is 0 Å². The summed E-state index contributed by atoms with van der Waals surface area (Å²) in [6.07, 6.45) is 0. The van der Waals surface area contributed by atoms with Crippen molar-refractivity contribution in [3.8, 4) is 0 Å². The third-order valence-electron chi connectivity index (χ3n) is 3.34. The molecule has 1 aliphatic rings. The van der Waals surface area contributed by atoms with Crippen molar-refractivity contribution < 1.29 is 21.6 Å². The van der Waals surface area contributed by atoms with Gasteiger partial charge in [0.1, 0.15) is 17.5 Å². The van der Waals surface area contributed by atoms with Gasteiger partial charge in [-0.3, -0.25) is 4.90 Å². The van der Waals surface area contributed by atoms with E-state index in [-0.39, 0.29) is 13.1 Å². The highest BCUT2D eigenvalue weighted by molar-refractivity contribution is 7.89. The third-order valence-corrected chi connectivity index (χ3v) is 5.29. The highest BCUT2D eigenvalue weighted by Crippen LogP contribution is 2.24. The Kier molecular flexibility index (Phi) is 4.87. The van der Waals surface area contributed by atoms with Gasteiger partial charge >= 0.3 is 0 Å². The van der Waals surface area contributed by atoms with Crippen molar-refractivity contribution in [3.63, 3.8) is 0 Å². The average molecular weight is 323 g/mol. The van der Waals surface area contributed by atoms with Crippen LogP contribution in [0.2, 0.25) is 0 Å². The molecule has 1 aromatic carbocycles. The standard InChI is InChI=1S/C12H16F3N3O2S/c13-9-7-10(14)12(11(15)8-9)21(19,20)18-5-3-17(2-1-16)4-6-18/h7-8H,1-6,16H2. The van der Waals surface area contributed by atoms with Crippen molar-refractivity contribution in [3.05, 3.63) is 29.6 Å². The lowest BCUT2D eigenvalue weighted by molar-refractivity contribution is 0.192. The third kappa shape index (κ3) is 3.37. The Balaban J connectivity index is 2.24. The summed E-state index contributed by atoms with van der Waals surface area (Å²) in [6, 6.07) is 0.723. The molecule has 1 aromatic rings. The van der Waals surface area contributed by atoms with Crippen LogP contribution < -0.4 is 5.73 Å². The lowest BCUT2D eigenvalue weighted by Crippen LogP contribution is -2.49. The second kappa shape index (κ2) is 6.30. The van der Waals surface area contributed by atoms with Crippen LogP contribution in [0, 0.1) is 17.5 Å². The molecule has 0 unspecified atom stereocenters. The van der Waals surface area contributed by atoms with E-state index in [1.54, 1.807) is 0 Å². The van der Waals surface area contributed by atoms with E-state index in [1.807, 2.05) is 4.90 Å². The van der Waals surface area contributed by atoms with Crippen LogP contribution in [0.4, 0.5) is 13.2 Å². The molecule has 1 heterocycles. The molecule has 0 amide bonds. The molecule has 0 aliphatic carbocycles. The normalized spacial score (nSPS) is 18.1. The first kappa shape index (κ1) is 16.2. The molecule has 2 rings (SSSR count). The van der Waals surface area contributed by atoms with Crippen molar-refractivity contribution in [1.29, 1.82) is 0 Å². The van der Waals surface area contributed by atoms with Gasteiger partial charge in [0, 0.05) is 51.4 Å². The number of halogens is 3. The number of rotatable bonds is 4. The Morgan fingerprint density at radius 1 is 1.05 bits per heavy atom. The van der Waals surface area contributed by atoms with E-state index in [2.05, 4.69) is 0 Å². The van der Waals surface area contributed by atoms with E-state index in [0.29, 0.717) is 38.3 Å². The monoisotopic (exact) mass is 323 g/mol. The smallest absolute Gasteiger partial charge is 0.249 e. The largest absolute Gasteiger partial charge is 0.329 e. The molecule has 21 heavy (non-hydrogen) atoms. The van der Waals surface area contributed by atoms with E-state index in [0.717, 1.165) is 4.31 Å². The molecule has 1 saturated heterocycles. The van der Waals surface area contributed by atoms with Gasteiger partial charge in [-0.15, -0.1) is 0 Å². The summed E-state index contributed by atoms with van der Waals surface area (Å²) >= 11 is 0. The minimum atomic E-state index is -4.32. The quantitative estimate of drug-likeness (QED) is 0.869. The lowest BCUT2D eigenvalue weighted by Gasteiger charge is -2.33. The molecular weight excluding hydrogens is 307 g/mol. The van der Waals surface area contributed by atoms with E-state index in [9.17, 15) is 21.6 Å². The fourth-order valence-electron chi connectivity index (χ4n) is 2.28. The van der Waals surface area contributed by atoms with Crippen LogP contribution in [0.1, 0.15) is 0 Å². The molecule has 0 bridgehead atoms. The summed E-state index contributed by atoms with van der Waals surface area (Å²) in [6.45, 7) is 2.17. The van der Waals surface area contributed by atoms with Crippen LogP contribution in [-0.4, -0.2) is 56.9 Å². The first-order chi connectivity index (χ1) is 9.86. The number of hydrogen-bond donors (Lipinski definition) is 1.